The number of halogens is 1. The van der Waals surface area contributed by atoms with Crippen LogP contribution >= 0.6 is 15.9 Å². The molecule has 1 unspecified atom stereocenters. The van der Waals surface area contributed by atoms with Crippen molar-refractivity contribution >= 4 is 21.7 Å². The van der Waals surface area contributed by atoms with Gasteiger partial charge in [-0.1, -0.05) is 29.8 Å². The zero-order chi connectivity index (χ0) is 13.7. The first-order chi connectivity index (χ1) is 8.43. The van der Waals surface area contributed by atoms with Gasteiger partial charge in [-0.15, -0.1) is 0 Å². The van der Waals surface area contributed by atoms with Crippen molar-refractivity contribution in [1.82, 2.24) is 0 Å². The number of hydrogen-bond donors (Lipinski definition) is 1. The number of nitrogens with two attached hydrogens (primary N) is 1. The fourth-order valence-electron chi connectivity index (χ4n) is 1.84. The average Bonchev–Trinajstić information content (AvgIpc) is 2.28. The Labute approximate surface area is 117 Å². The molecule has 0 fully saturated rings. The minimum absolute atomic E-state index is 0.0556. The molecule has 0 radical (unpaired) electrons. The van der Waals surface area contributed by atoms with Crippen molar-refractivity contribution in [2.75, 3.05) is 7.11 Å². The summed E-state index contributed by atoms with van der Waals surface area (Å²) in [5.41, 5.74) is 6.76. The van der Waals surface area contributed by atoms with E-state index in [4.69, 9.17) is 10.5 Å². The van der Waals surface area contributed by atoms with Crippen LogP contribution in [-0.2, 0) is 11.2 Å². The first kappa shape index (κ1) is 15.2. The zero-order valence-corrected chi connectivity index (χ0v) is 12.7. The third-order valence-electron chi connectivity index (χ3n) is 2.75. The van der Waals surface area contributed by atoms with Gasteiger partial charge in [0, 0.05) is 16.5 Å². The molecule has 0 saturated carbocycles. The Hall–Kier alpha value is -0.870. The zero-order valence-electron chi connectivity index (χ0n) is 11.1. The van der Waals surface area contributed by atoms with E-state index in [2.05, 4.69) is 29.8 Å². The highest BCUT2D eigenvalue weighted by molar-refractivity contribution is 9.10. The molecular formula is C14H20BrNO2. The molecule has 0 saturated heterocycles. The Kier molecular flexibility index (Phi) is 5.82. The lowest BCUT2D eigenvalue weighted by atomic mass is 9.97. The van der Waals surface area contributed by atoms with Crippen LogP contribution in [0.25, 0.3) is 0 Å². The number of Topliss-reactive ketones (excluding diaryl/α,β-unsaturated/α-hetero) is 1. The summed E-state index contributed by atoms with van der Waals surface area (Å²) in [6.45, 7) is 4.12. The second-order valence-electron chi connectivity index (χ2n) is 4.84. The van der Waals surface area contributed by atoms with Gasteiger partial charge in [0.15, 0.2) is 5.78 Å². The normalized spacial score (nSPS) is 12.6. The smallest absolute Gasteiger partial charge is 0.154 e. The van der Waals surface area contributed by atoms with Crippen LogP contribution in [0.3, 0.4) is 0 Å². The molecule has 0 heterocycles. The third kappa shape index (κ3) is 4.42. The molecule has 0 aliphatic heterocycles. The largest absolute Gasteiger partial charge is 0.496 e. The molecule has 0 aromatic heterocycles. The number of ether oxygens (including phenoxy) is 1. The number of carbonyl (C=O) groups excluding carboxylic acids is 1. The summed E-state index contributed by atoms with van der Waals surface area (Å²) in [6.07, 6.45) is 1.03. The molecule has 1 atom stereocenters. The van der Waals surface area contributed by atoms with Gasteiger partial charge in [-0.25, -0.2) is 0 Å². The van der Waals surface area contributed by atoms with Crippen LogP contribution in [0.5, 0.6) is 5.75 Å². The Morgan fingerprint density at radius 2 is 2.11 bits per heavy atom. The lowest BCUT2D eigenvalue weighted by molar-refractivity contribution is -0.120. The third-order valence-corrected chi connectivity index (χ3v) is 3.24. The molecule has 0 bridgehead atoms. The number of hydrogen-bond acceptors (Lipinski definition) is 3. The topological polar surface area (TPSA) is 52.3 Å². The van der Waals surface area contributed by atoms with Gasteiger partial charge in [0.2, 0.25) is 0 Å². The Bertz CT molecular complexity index is 418. The van der Waals surface area contributed by atoms with E-state index in [0.717, 1.165) is 22.2 Å². The maximum absolute atomic E-state index is 12.0. The average molecular weight is 314 g/mol. The highest BCUT2D eigenvalue weighted by atomic mass is 79.9. The van der Waals surface area contributed by atoms with E-state index in [1.165, 1.54) is 0 Å². The predicted molar refractivity (Wildman–Crippen MR) is 76.8 cm³/mol. The van der Waals surface area contributed by atoms with E-state index < -0.39 is 6.04 Å². The van der Waals surface area contributed by atoms with E-state index >= 15 is 0 Å². The summed E-state index contributed by atoms with van der Waals surface area (Å²) in [6, 6.07) is 5.24. The van der Waals surface area contributed by atoms with Crippen LogP contribution in [0.2, 0.25) is 0 Å². The van der Waals surface area contributed by atoms with Gasteiger partial charge in [0.25, 0.3) is 0 Å². The number of rotatable bonds is 6. The molecule has 3 nitrogen and oxygen atoms in total. The molecular weight excluding hydrogens is 294 g/mol. The molecule has 1 rings (SSSR count). The van der Waals surface area contributed by atoms with Gasteiger partial charge in [0.1, 0.15) is 5.75 Å². The second-order valence-corrected chi connectivity index (χ2v) is 5.75. The minimum atomic E-state index is -0.395. The number of carbonyl (C=O) groups is 1. The van der Waals surface area contributed by atoms with Crippen molar-refractivity contribution in [3.63, 3.8) is 0 Å². The highest BCUT2D eigenvalue weighted by Crippen LogP contribution is 2.24. The van der Waals surface area contributed by atoms with Gasteiger partial charge < -0.3 is 10.5 Å². The second kappa shape index (κ2) is 6.90. The first-order valence-corrected chi connectivity index (χ1v) is 6.84. The number of methoxy groups -OCH3 is 1. The van der Waals surface area contributed by atoms with E-state index in [1.807, 2.05) is 18.2 Å². The van der Waals surface area contributed by atoms with Crippen LogP contribution < -0.4 is 10.5 Å². The molecule has 0 amide bonds. The summed E-state index contributed by atoms with van der Waals surface area (Å²) >= 11 is 3.39. The Morgan fingerprint density at radius 3 is 2.67 bits per heavy atom. The van der Waals surface area contributed by atoms with Crippen LogP contribution in [0.15, 0.2) is 22.7 Å². The standard InChI is InChI=1S/C14H20BrNO2/c1-9(2)6-12(16)13(17)8-10-7-11(15)4-5-14(10)18-3/h4-5,7,9,12H,6,8,16H2,1-3H3. The molecule has 0 spiro atoms. The summed E-state index contributed by atoms with van der Waals surface area (Å²) in [5, 5.41) is 0. The monoisotopic (exact) mass is 313 g/mol. The lowest BCUT2D eigenvalue weighted by Gasteiger charge is -2.14. The molecule has 1 aromatic rings. The Balaban J connectivity index is 2.77. The van der Waals surface area contributed by atoms with E-state index in [-0.39, 0.29) is 5.78 Å². The maximum Gasteiger partial charge on any atom is 0.154 e. The van der Waals surface area contributed by atoms with E-state index in [9.17, 15) is 4.79 Å². The van der Waals surface area contributed by atoms with Crippen molar-refractivity contribution in [1.29, 1.82) is 0 Å². The van der Waals surface area contributed by atoms with Crippen LogP contribution in [0, 0.1) is 5.92 Å². The quantitative estimate of drug-likeness (QED) is 0.878. The van der Waals surface area contributed by atoms with Crippen molar-refractivity contribution in [2.24, 2.45) is 11.7 Å². The van der Waals surface area contributed by atoms with Gasteiger partial charge in [-0.3, -0.25) is 4.79 Å². The number of ketones is 1. The SMILES string of the molecule is COc1ccc(Br)cc1CC(=O)C(N)CC(C)C. The molecule has 4 heteroatoms. The van der Waals surface area contributed by atoms with Gasteiger partial charge in [0.05, 0.1) is 13.2 Å². The molecule has 2 N–H and O–H groups in total. The van der Waals surface area contributed by atoms with Gasteiger partial charge in [-0.2, -0.15) is 0 Å². The molecule has 18 heavy (non-hydrogen) atoms. The minimum Gasteiger partial charge on any atom is -0.496 e. The molecule has 0 aliphatic carbocycles. The fourth-order valence-corrected chi connectivity index (χ4v) is 2.25. The van der Waals surface area contributed by atoms with Crippen molar-refractivity contribution in [3.05, 3.63) is 28.2 Å². The summed E-state index contributed by atoms with van der Waals surface area (Å²) in [4.78, 5) is 12.0. The maximum atomic E-state index is 12.0. The Morgan fingerprint density at radius 1 is 1.44 bits per heavy atom. The number of benzene rings is 1. The van der Waals surface area contributed by atoms with E-state index in [1.54, 1.807) is 7.11 Å². The van der Waals surface area contributed by atoms with E-state index in [0.29, 0.717) is 12.3 Å². The molecule has 100 valence electrons. The van der Waals surface area contributed by atoms with Crippen molar-refractivity contribution < 1.29 is 9.53 Å². The van der Waals surface area contributed by atoms with Crippen LogP contribution in [-0.4, -0.2) is 18.9 Å². The van der Waals surface area contributed by atoms with Crippen molar-refractivity contribution in [3.8, 4) is 5.75 Å². The molecule has 1 aromatic carbocycles. The van der Waals surface area contributed by atoms with Crippen molar-refractivity contribution in [2.45, 2.75) is 32.7 Å². The first-order valence-electron chi connectivity index (χ1n) is 6.04. The lowest BCUT2D eigenvalue weighted by Crippen LogP contribution is -2.33. The van der Waals surface area contributed by atoms with Crippen LogP contribution in [0.4, 0.5) is 0 Å². The predicted octanol–water partition coefficient (Wildman–Crippen LogP) is 2.94. The van der Waals surface area contributed by atoms with Gasteiger partial charge in [-0.05, 0) is 30.5 Å². The van der Waals surface area contributed by atoms with Crippen LogP contribution in [0.1, 0.15) is 25.8 Å². The summed E-state index contributed by atoms with van der Waals surface area (Å²) in [7, 11) is 1.60. The summed E-state index contributed by atoms with van der Waals surface area (Å²) < 4.78 is 6.18. The van der Waals surface area contributed by atoms with Gasteiger partial charge >= 0.3 is 0 Å². The fraction of sp³-hybridized carbons (Fsp3) is 0.500. The summed E-state index contributed by atoms with van der Waals surface area (Å²) in [5.74, 6) is 1.21. The highest BCUT2D eigenvalue weighted by Gasteiger charge is 2.17. The molecule has 0 aliphatic rings.